The molecule has 3 N–H and O–H groups in total. The minimum Gasteiger partial charge on any atom is -0.454 e. The summed E-state index contributed by atoms with van der Waals surface area (Å²) in [5.74, 6) is -1.27. The van der Waals surface area contributed by atoms with Crippen molar-refractivity contribution in [1.82, 2.24) is 16.0 Å². The molecule has 178 valence electrons. The summed E-state index contributed by atoms with van der Waals surface area (Å²) in [7, 11) is 0. The quantitative estimate of drug-likeness (QED) is 0.509. The van der Waals surface area contributed by atoms with Crippen LogP contribution in [0.3, 0.4) is 0 Å². The van der Waals surface area contributed by atoms with E-state index < -0.39 is 42.0 Å². The van der Waals surface area contributed by atoms with E-state index in [0.29, 0.717) is 17.7 Å². The van der Waals surface area contributed by atoms with Crippen molar-refractivity contribution in [2.45, 2.75) is 65.0 Å². The normalized spacial score (nSPS) is 12.5. The van der Waals surface area contributed by atoms with E-state index in [9.17, 15) is 19.2 Å². The fourth-order valence-electron chi connectivity index (χ4n) is 2.62. The molecule has 8 nitrogen and oxygen atoms in total. The molecule has 0 spiro atoms. The molecule has 9 heteroatoms. The van der Waals surface area contributed by atoms with Gasteiger partial charge in [0.25, 0.3) is 11.8 Å². The molecular formula is C23H35N3O5S. The van der Waals surface area contributed by atoms with Crippen LogP contribution in [-0.2, 0) is 19.7 Å². The lowest BCUT2D eigenvalue weighted by Gasteiger charge is -2.21. The van der Waals surface area contributed by atoms with Crippen molar-refractivity contribution in [3.05, 3.63) is 35.4 Å². The van der Waals surface area contributed by atoms with Gasteiger partial charge in [-0.25, -0.2) is 9.59 Å². The first-order valence-electron chi connectivity index (χ1n) is 10.4. The lowest BCUT2D eigenvalue weighted by atomic mass is 9.86. The molecular weight excluding hydrogens is 430 g/mol. The SMILES string of the molecule is CSCCC(NC(=O)c1ccc(C(C)(C)C)cc1)C(=O)OCC(=O)NC(=O)NC(C)(C)C. The summed E-state index contributed by atoms with van der Waals surface area (Å²) < 4.78 is 5.04. The highest BCUT2D eigenvalue weighted by atomic mass is 32.2. The lowest BCUT2D eigenvalue weighted by molar-refractivity contribution is -0.150. The fraction of sp³-hybridized carbons (Fsp3) is 0.565. The van der Waals surface area contributed by atoms with E-state index in [1.807, 2.05) is 18.4 Å². The highest BCUT2D eigenvalue weighted by Crippen LogP contribution is 2.22. The Labute approximate surface area is 194 Å². The number of imide groups is 1. The average Bonchev–Trinajstić information content (AvgIpc) is 2.67. The second kappa shape index (κ2) is 11.9. The van der Waals surface area contributed by atoms with Gasteiger partial charge >= 0.3 is 12.0 Å². The number of benzene rings is 1. The zero-order chi connectivity index (χ0) is 24.5. The minimum absolute atomic E-state index is 0.0376. The van der Waals surface area contributed by atoms with Gasteiger partial charge in [0.05, 0.1) is 0 Å². The van der Waals surface area contributed by atoms with Crippen molar-refractivity contribution in [2.75, 3.05) is 18.6 Å². The molecule has 0 aliphatic heterocycles. The van der Waals surface area contributed by atoms with Gasteiger partial charge in [0, 0.05) is 11.1 Å². The topological polar surface area (TPSA) is 114 Å². The number of esters is 1. The summed E-state index contributed by atoms with van der Waals surface area (Å²) in [5.41, 5.74) is 0.967. The van der Waals surface area contributed by atoms with Crippen molar-refractivity contribution in [3.8, 4) is 0 Å². The number of carbonyl (C=O) groups excluding carboxylic acids is 4. The van der Waals surface area contributed by atoms with Crippen LogP contribution >= 0.6 is 11.8 Å². The van der Waals surface area contributed by atoms with E-state index in [2.05, 4.69) is 36.7 Å². The largest absolute Gasteiger partial charge is 0.454 e. The second-order valence-corrected chi connectivity index (χ2v) is 10.5. The summed E-state index contributed by atoms with van der Waals surface area (Å²) in [6, 6.07) is 5.62. The van der Waals surface area contributed by atoms with Crippen LogP contribution in [0.25, 0.3) is 0 Å². The summed E-state index contributed by atoms with van der Waals surface area (Å²) in [6.07, 6.45) is 2.23. The minimum atomic E-state index is -0.909. The smallest absolute Gasteiger partial charge is 0.329 e. The van der Waals surface area contributed by atoms with Crippen LogP contribution in [0.15, 0.2) is 24.3 Å². The van der Waals surface area contributed by atoms with E-state index in [1.54, 1.807) is 32.9 Å². The lowest BCUT2D eigenvalue weighted by Crippen LogP contribution is -2.49. The van der Waals surface area contributed by atoms with Crippen molar-refractivity contribution in [3.63, 3.8) is 0 Å². The Balaban J connectivity index is 2.70. The Morgan fingerprint density at radius 3 is 2.09 bits per heavy atom. The first-order chi connectivity index (χ1) is 14.7. The van der Waals surface area contributed by atoms with Crippen molar-refractivity contribution >= 4 is 35.6 Å². The Bertz CT molecular complexity index is 810. The molecule has 0 aromatic heterocycles. The van der Waals surface area contributed by atoms with Crippen molar-refractivity contribution in [1.29, 1.82) is 0 Å². The molecule has 0 saturated carbocycles. The standard InChI is InChI=1S/C23H35N3O5S/c1-22(2,3)16-10-8-15(9-11-16)19(28)24-17(12-13-32-7)20(29)31-14-18(27)25-21(30)26-23(4,5)6/h8-11,17H,12-14H2,1-7H3,(H,24,28)(H2,25,26,27,30). The maximum atomic E-state index is 12.6. The molecule has 32 heavy (non-hydrogen) atoms. The van der Waals surface area contributed by atoms with Crippen LogP contribution in [0.4, 0.5) is 4.79 Å². The number of urea groups is 1. The van der Waals surface area contributed by atoms with Gasteiger partial charge in [0.15, 0.2) is 6.61 Å². The third-order valence-electron chi connectivity index (χ3n) is 4.30. The molecule has 0 radical (unpaired) electrons. The predicted octanol–water partition coefficient (Wildman–Crippen LogP) is 3.00. The number of thioether (sulfide) groups is 1. The Morgan fingerprint density at radius 1 is 1.00 bits per heavy atom. The molecule has 0 fully saturated rings. The van der Waals surface area contributed by atoms with E-state index in [0.717, 1.165) is 5.56 Å². The molecule has 0 bridgehead atoms. The fourth-order valence-corrected chi connectivity index (χ4v) is 3.09. The highest BCUT2D eigenvalue weighted by molar-refractivity contribution is 7.98. The van der Waals surface area contributed by atoms with E-state index in [1.165, 1.54) is 11.8 Å². The molecule has 1 atom stereocenters. The third kappa shape index (κ3) is 10.2. The molecule has 4 amide bonds. The summed E-state index contributed by atoms with van der Waals surface area (Å²) in [5, 5.41) is 7.36. The predicted molar refractivity (Wildman–Crippen MR) is 127 cm³/mol. The Morgan fingerprint density at radius 2 is 1.59 bits per heavy atom. The van der Waals surface area contributed by atoms with Gasteiger partial charge in [0.2, 0.25) is 0 Å². The molecule has 0 saturated heterocycles. The molecule has 1 aromatic rings. The molecule has 0 aliphatic rings. The van der Waals surface area contributed by atoms with Gasteiger partial charge in [-0.1, -0.05) is 32.9 Å². The summed E-state index contributed by atoms with van der Waals surface area (Å²) >= 11 is 1.52. The average molecular weight is 466 g/mol. The number of ether oxygens (including phenoxy) is 1. The van der Waals surface area contributed by atoms with Gasteiger partial charge < -0.3 is 15.4 Å². The third-order valence-corrected chi connectivity index (χ3v) is 4.94. The summed E-state index contributed by atoms with van der Waals surface area (Å²) in [6.45, 7) is 10.9. The first-order valence-corrected chi connectivity index (χ1v) is 11.8. The van der Waals surface area contributed by atoms with Gasteiger partial charge in [-0.05, 0) is 62.3 Å². The molecule has 1 rings (SSSR count). The highest BCUT2D eigenvalue weighted by Gasteiger charge is 2.24. The zero-order valence-electron chi connectivity index (χ0n) is 20.0. The number of nitrogens with one attached hydrogen (secondary N) is 3. The summed E-state index contributed by atoms with van der Waals surface area (Å²) in [4.78, 5) is 48.8. The van der Waals surface area contributed by atoms with Gasteiger partial charge in [-0.15, -0.1) is 0 Å². The van der Waals surface area contributed by atoms with Crippen molar-refractivity contribution < 1.29 is 23.9 Å². The maximum absolute atomic E-state index is 12.6. The van der Waals surface area contributed by atoms with Crippen LogP contribution in [0.5, 0.6) is 0 Å². The monoisotopic (exact) mass is 465 g/mol. The first kappa shape index (κ1) is 27.5. The number of hydrogen-bond donors (Lipinski definition) is 3. The van der Waals surface area contributed by atoms with Crippen LogP contribution in [0.2, 0.25) is 0 Å². The van der Waals surface area contributed by atoms with Crippen LogP contribution in [-0.4, -0.2) is 54.0 Å². The molecule has 0 heterocycles. The van der Waals surface area contributed by atoms with Crippen molar-refractivity contribution in [2.24, 2.45) is 0 Å². The number of hydrogen-bond acceptors (Lipinski definition) is 6. The van der Waals surface area contributed by atoms with Gasteiger partial charge in [0.1, 0.15) is 6.04 Å². The number of amides is 4. The van der Waals surface area contributed by atoms with E-state index in [4.69, 9.17) is 4.74 Å². The zero-order valence-corrected chi connectivity index (χ0v) is 20.8. The number of carbonyl (C=O) groups is 4. The van der Waals surface area contributed by atoms with E-state index >= 15 is 0 Å². The molecule has 1 aromatic carbocycles. The van der Waals surface area contributed by atoms with Gasteiger partial charge in [-0.2, -0.15) is 11.8 Å². The molecule has 0 aliphatic carbocycles. The van der Waals surface area contributed by atoms with Gasteiger partial charge in [-0.3, -0.25) is 14.9 Å². The molecule has 1 unspecified atom stereocenters. The number of rotatable bonds is 8. The van der Waals surface area contributed by atoms with Crippen LogP contribution < -0.4 is 16.0 Å². The van der Waals surface area contributed by atoms with Crippen LogP contribution in [0.1, 0.15) is 63.9 Å². The van der Waals surface area contributed by atoms with Crippen LogP contribution in [0, 0.1) is 0 Å². The second-order valence-electron chi connectivity index (χ2n) is 9.49. The van der Waals surface area contributed by atoms with E-state index in [-0.39, 0.29) is 5.41 Å². The Kier molecular flexibility index (Phi) is 10.2. The maximum Gasteiger partial charge on any atom is 0.329 e. The Hall–Kier alpha value is -2.55.